The fourth-order valence-electron chi connectivity index (χ4n) is 2.67. The summed E-state index contributed by atoms with van der Waals surface area (Å²) >= 11 is 0. The third-order valence-corrected chi connectivity index (χ3v) is 4.16. The molecule has 2 rings (SSSR count). The maximum Gasteiger partial charge on any atom is 0.308 e. The van der Waals surface area contributed by atoms with Crippen molar-refractivity contribution in [3.63, 3.8) is 0 Å². The van der Waals surface area contributed by atoms with Gasteiger partial charge < -0.3 is 21.1 Å². The van der Waals surface area contributed by atoms with Crippen molar-refractivity contribution in [3.8, 4) is 0 Å². The zero-order valence-corrected chi connectivity index (χ0v) is 16.7. The van der Waals surface area contributed by atoms with Gasteiger partial charge in [0, 0.05) is 36.5 Å². The molecule has 0 aliphatic carbocycles. The Morgan fingerprint density at radius 3 is 2.43 bits per heavy atom. The number of rotatable bonds is 10. The normalized spacial score (nSPS) is 11.2. The Balaban J connectivity index is 1.88. The number of nitrogen functional groups attached to an aromatic ring is 1. The van der Waals surface area contributed by atoms with Crippen LogP contribution in [0.15, 0.2) is 48.8 Å². The number of benzene rings is 1. The first-order valence-corrected chi connectivity index (χ1v) is 9.48. The second-order valence-electron chi connectivity index (χ2n) is 6.45. The summed E-state index contributed by atoms with van der Waals surface area (Å²) in [7, 11) is 0. The minimum Gasteiger partial charge on any atom is -0.466 e. The lowest BCUT2D eigenvalue weighted by Crippen LogP contribution is -2.31. The molecule has 30 heavy (non-hydrogen) atoms. The zero-order valence-electron chi connectivity index (χ0n) is 16.7. The number of ether oxygens (including phenoxy) is 1. The lowest BCUT2D eigenvalue weighted by Gasteiger charge is -2.18. The molecule has 158 valence electrons. The van der Waals surface area contributed by atoms with Gasteiger partial charge >= 0.3 is 5.97 Å². The average molecular weight is 411 g/mol. The Labute approximate surface area is 174 Å². The molecule has 1 heterocycles. The van der Waals surface area contributed by atoms with Crippen molar-refractivity contribution in [1.29, 1.82) is 5.41 Å². The molecule has 9 heteroatoms. The zero-order chi connectivity index (χ0) is 21.9. The summed E-state index contributed by atoms with van der Waals surface area (Å²) in [6.45, 7) is 1.96. The highest BCUT2D eigenvalue weighted by atomic mass is 16.5. The Hall–Kier alpha value is -3.75. The Morgan fingerprint density at radius 2 is 1.83 bits per heavy atom. The fourth-order valence-corrected chi connectivity index (χ4v) is 2.67. The third-order valence-electron chi connectivity index (χ3n) is 4.16. The van der Waals surface area contributed by atoms with Gasteiger partial charge in [0.05, 0.1) is 19.1 Å². The van der Waals surface area contributed by atoms with Crippen LogP contribution in [0.5, 0.6) is 0 Å². The molecule has 0 aliphatic heterocycles. The first kappa shape index (κ1) is 22.5. The highest BCUT2D eigenvalue weighted by Crippen LogP contribution is 2.17. The van der Waals surface area contributed by atoms with E-state index >= 15 is 0 Å². The van der Waals surface area contributed by atoms with Crippen molar-refractivity contribution in [2.45, 2.75) is 32.2 Å². The average Bonchev–Trinajstić information content (AvgIpc) is 2.73. The highest BCUT2D eigenvalue weighted by molar-refractivity contribution is 5.96. The number of nitrogens with one attached hydrogen (secondary N) is 3. The van der Waals surface area contributed by atoms with E-state index in [4.69, 9.17) is 15.9 Å². The molecule has 1 aromatic heterocycles. The van der Waals surface area contributed by atoms with Gasteiger partial charge in [-0.1, -0.05) is 6.07 Å². The Kier molecular flexibility index (Phi) is 8.49. The molecule has 9 nitrogen and oxygen atoms in total. The lowest BCUT2D eigenvalue weighted by molar-refractivity contribution is -0.144. The van der Waals surface area contributed by atoms with Gasteiger partial charge in [-0.05, 0) is 42.8 Å². The third kappa shape index (κ3) is 7.34. The van der Waals surface area contributed by atoms with E-state index in [1.54, 1.807) is 55.7 Å². The topological polar surface area (TPSA) is 147 Å². The van der Waals surface area contributed by atoms with E-state index in [0.29, 0.717) is 16.8 Å². The number of amidine groups is 1. The number of amides is 2. The van der Waals surface area contributed by atoms with Crippen LogP contribution in [-0.4, -0.2) is 35.2 Å². The van der Waals surface area contributed by atoms with Crippen molar-refractivity contribution in [3.05, 3.63) is 59.9 Å². The number of hydrogen-bond donors (Lipinski definition) is 4. The predicted octanol–water partition coefficient (Wildman–Crippen LogP) is 1.90. The van der Waals surface area contributed by atoms with E-state index in [1.165, 1.54) is 0 Å². The van der Waals surface area contributed by atoms with Crippen LogP contribution < -0.4 is 16.4 Å². The van der Waals surface area contributed by atoms with E-state index in [1.807, 2.05) is 0 Å². The number of hydrogen-bond acceptors (Lipinski definition) is 6. The molecule has 1 atom stereocenters. The van der Waals surface area contributed by atoms with Gasteiger partial charge in [0.2, 0.25) is 11.8 Å². The maximum absolute atomic E-state index is 12.3. The van der Waals surface area contributed by atoms with Gasteiger partial charge in [0.25, 0.3) is 0 Å². The number of esters is 1. The van der Waals surface area contributed by atoms with Crippen LogP contribution in [-0.2, 0) is 19.1 Å². The van der Waals surface area contributed by atoms with Gasteiger partial charge in [-0.2, -0.15) is 0 Å². The molecule has 0 radical (unpaired) electrons. The molecule has 0 saturated heterocycles. The monoisotopic (exact) mass is 411 g/mol. The molecule has 0 fully saturated rings. The van der Waals surface area contributed by atoms with Crippen molar-refractivity contribution < 1.29 is 19.1 Å². The maximum atomic E-state index is 12.3. The van der Waals surface area contributed by atoms with E-state index in [2.05, 4.69) is 15.6 Å². The van der Waals surface area contributed by atoms with Crippen molar-refractivity contribution in [1.82, 2.24) is 10.3 Å². The standard InChI is InChI=1S/C21H25N5O4/c1-2-30-20(29)12-17(15-4-3-11-24-13-15)26-19(28)10-9-18(27)25-16-7-5-14(6-8-16)21(22)23/h3-8,11,13,17H,2,9-10,12H2,1H3,(H3,22,23)(H,25,27)(H,26,28). The molecule has 0 aliphatic rings. The molecule has 0 spiro atoms. The number of aromatic nitrogens is 1. The second kappa shape index (κ2) is 11.3. The van der Waals surface area contributed by atoms with Gasteiger partial charge in [-0.3, -0.25) is 24.8 Å². The highest BCUT2D eigenvalue weighted by Gasteiger charge is 2.20. The molecule has 0 bridgehead atoms. The molecule has 1 aromatic carbocycles. The summed E-state index contributed by atoms with van der Waals surface area (Å²) in [6.07, 6.45) is 3.07. The van der Waals surface area contributed by atoms with Gasteiger partial charge in [-0.25, -0.2) is 0 Å². The van der Waals surface area contributed by atoms with Crippen LogP contribution in [0.25, 0.3) is 0 Å². The van der Waals surface area contributed by atoms with E-state index in [0.717, 1.165) is 0 Å². The number of carbonyl (C=O) groups excluding carboxylic acids is 3. The summed E-state index contributed by atoms with van der Waals surface area (Å²) in [4.78, 5) is 40.3. The van der Waals surface area contributed by atoms with Gasteiger partial charge in [-0.15, -0.1) is 0 Å². The summed E-state index contributed by atoms with van der Waals surface area (Å²) in [5.74, 6) is -1.19. The molecular formula is C21H25N5O4. The largest absolute Gasteiger partial charge is 0.466 e. The molecule has 5 N–H and O–H groups in total. The van der Waals surface area contributed by atoms with Crippen molar-refractivity contribution >= 4 is 29.3 Å². The smallest absolute Gasteiger partial charge is 0.308 e. The summed E-state index contributed by atoms with van der Waals surface area (Å²) in [5.41, 5.74) is 7.16. The van der Waals surface area contributed by atoms with Crippen LogP contribution in [0.4, 0.5) is 5.69 Å². The minimum absolute atomic E-state index is 0.0278. The van der Waals surface area contributed by atoms with E-state index < -0.39 is 12.0 Å². The number of carbonyl (C=O) groups is 3. The molecule has 1 unspecified atom stereocenters. The molecule has 0 saturated carbocycles. The second-order valence-corrected chi connectivity index (χ2v) is 6.45. The molecule has 2 aromatic rings. The Morgan fingerprint density at radius 1 is 1.13 bits per heavy atom. The summed E-state index contributed by atoms with van der Waals surface area (Å²) in [6, 6.07) is 9.39. The van der Waals surface area contributed by atoms with Crippen LogP contribution in [0.3, 0.4) is 0 Å². The number of pyridine rings is 1. The van der Waals surface area contributed by atoms with Crippen LogP contribution >= 0.6 is 0 Å². The van der Waals surface area contributed by atoms with Crippen LogP contribution in [0.1, 0.15) is 43.4 Å². The van der Waals surface area contributed by atoms with E-state index in [9.17, 15) is 14.4 Å². The van der Waals surface area contributed by atoms with Crippen molar-refractivity contribution in [2.24, 2.45) is 5.73 Å². The number of anilines is 1. The minimum atomic E-state index is -0.590. The first-order chi connectivity index (χ1) is 14.4. The predicted molar refractivity (Wildman–Crippen MR) is 112 cm³/mol. The quantitative estimate of drug-likeness (QED) is 0.267. The van der Waals surface area contributed by atoms with E-state index in [-0.39, 0.29) is 43.5 Å². The number of nitrogens with zero attached hydrogens (tertiary/aromatic N) is 1. The molecular weight excluding hydrogens is 386 g/mol. The number of nitrogens with two attached hydrogens (primary N) is 1. The van der Waals surface area contributed by atoms with Gasteiger partial charge in [0.15, 0.2) is 0 Å². The summed E-state index contributed by atoms with van der Waals surface area (Å²) in [5, 5.41) is 12.8. The SMILES string of the molecule is CCOC(=O)CC(NC(=O)CCC(=O)Nc1ccc(C(=N)N)cc1)c1cccnc1. The fraction of sp³-hybridized carbons (Fsp3) is 0.286. The van der Waals surface area contributed by atoms with Crippen LogP contribution in [0, 0.1) is 5.41 Å². The molecule has 2 amide bonds. The Bertz CT molecular complexity index is 884. The van der Waals surface area contributed by atoms with Crippen molar-refractivity contribution in [2.75, 3.05) is 11.9 Å². The van der Waals surface area contributed by atoms with Crippen LogP contribution in [0.2, 0.25) is 0 Å². The van der Waals surface area contributed by atoms with Gasteiger partial charge in [0.1, 0.15) is 5.84 Å². The lowest BCUT2D eigenvalue weighted by atomic mass is 10.1. The summed E-state index contributed by atoms with van der Waals surface area (Å²) < 4.78 is 4.97. The first-order valence-electron chi connectivity index (χ1n) is 9.48.